The number of nitrogens with zero attached hydrogens (tertiary/aromatic N) is 4. The van der Waals surface area contributed by atoms with Gasteiger partial charge in [-0.05, 0) is 50.1 Å². The number of imidazole rings is 1. The number of aryl methyl sites for hydroxylation is 2. The maximum absolute atomic E-state index is 12.9. The minimum atomic E-state index is -4.48. The summed E-state index contributed by atoms with van der Waals surface area (Å²) in [6, 6.07) is 11.9. The van der Waals surface area contributed by atoms with E-state index >= 15 is 0 Å². The number of hydrogen-bond acceptors (Lipinski definition) is 4. The lowest BCUT2D eigenvalue weighted by Gasteiger charge is -2.25. The lowest BCUT2D eigenvalue weighted by molar-refractivity contribution is -0.137. The summed E-state index contributed by atoms with van der Waals surface area (Å²) in [6.07, 6.45) is 0.799. The number of carbonyl (C=O) groups is 1. The molecule has 1 atom stereocenters. The highest BCUT2D eigenvalue weighted by atomic mass is 19.4. The van der Waals surface area contributed by atoms with E-state index in [9.17, 15) is 18.0 Å². The summed E-state index contributed by atoms with van der Waals surface area (Å²) in [5.74, 6) is 0.0209. The van der Waals surface area contributed by atoms with Gasteiger partial charge < -0.3 is 14.0 Å². The fourth-order valence-corrected chi connectivity index (χ4v) is 4.75. The van der Waals surface area contributed by atoms with Crippen molar-refractivity contribution in [2.75, 3.05) is 0 Å². The number of para-hydroxylation sites is 1. The maximum atomic E-state index is 12.9. The number of rotatable bonds is 4. The van der Waals surface area contributed by atoms with Crippen LogP contribution in [0, 0.1) is 12.8 Å². The van der Waals surface area contributed by atoms with Crippen molar-refractivity contribution in [1.82, 2.24) is 14.1 Å². The average molecular weight is 480 g/mol. The molecule has 4 aromatic rings. The number of benzene rings is 2. The van der Waals surface area contributed by atoms with E-state index in [1.54, 1.807) is 6.20 Å². The first kappa shape index (κ1) is 22.9. The van der Waals surface area contributed by atoms with Gasteiger partial charge in [-0.3, -0.25) is 0 Å². The molecule has 2 aromatic carbocycles. The van der Waals surface area contributed by atoms with Crippen molar-refractivity contribution in [1.29, 1.82) is 0 Å². The molecule has 180 valence electrons. The van der Waals surface area contributed by atoms with Crippen molar-refractivity contribution in [3.05, 3.63) is 89.1 Å². The Hall–Kier alpha value is -3.88. The Balaban J connectivity index is 1.52. The summed E-state index contributed by atoms with van der Waals surface area (Å²) < 4.78 is 42.8. The molecular formula is C26H23F3N4O2. The predicted octanol–water partition coefficient (Wildman–Crippen LogP) is 5.53. The van der Waals surface area contributed by atoms with Crippen LogP contribution in [0.3, 0.4) is 0 Å². The van der Waals surface area contributed by atoms with Gasteiger partial charge in [0.25, 0.3) is 0 Å². The Kier molecular flexibility index (Phi) is 5.70. The van der Waals surface area contributed by atoms with Crippen LogP contribution in [0.1, 0.15) is 39.4 Å². The van der Waals surface area contributed by atoms with Crippen LogP contribution in [0.25, 0.3) is 10.9 Å². The molecule has 5 rings (SSSR count). The minimum Gasteiger partial charge on any atom is -0.347 e. The monoisotopic (exact) mass is 480 g/mol. The van der Waals surface area contributed by atoms with Crippen LogP contribution < -0.4 is 0 Å². The third kappa shape index (κ3) is 4.22. The molecule has 2 aromatic heterocycles. The number of halogens is 3. The Morgan fingerprint density at radius 2 is 1.91 bits per heavy atom. The number of carbonyl (C=O) groups excluding carboxylic acids is 1. The van der Waals surface area contributed by atoms with E-state index in [2.05, 4.69) is 14.7 Å². The molecule has 0 saturated carbocycles. The van der Waals surface area contributed by atoms with Gasteiger partial charge >= 0.3 is 12.1 Å². The Morgan fingerprint density at radius 1 is 1.17 bits per heavy atom. The van der Waals surface area contributed by atoms with Gasteiger partial charge in [0.15, 0.2) is 0 Å². The normalized spacial score (nSPS) is 17.1. The molecule has 6 nitrogen and oxygen atoms in total. The molecule has 0 aliphatic heterocycles. The molecule has 0 radical (unpaired) electrons. The zero-order chi connectivity index (χ0) is 24.7. The van der Waals surface area contributed by atoms with Gasteiger partial charge in [0.2, 0.25) is 0 Å². The molecule has 1 aliphatic rings. The van der Waals surface area contributed by atoms with E-state index in [1.807, 2.05) is 49.0 Å². The highest BCUT2D eigenvalue weighted by Crippen LogP contribution is 2.35. The lowest BCUT2D eigenvalue weighted by atomic mass is 9.84. The Bertz CT molecular complexity index is 1430. The topological polar surface area (TPSA) is 61.4 Å². The number of fused-ring (bicyclic) bond motifs is 3. The van der Waals surface area contributed by atoms with E-state index < -0.39 is 17.7 Å². The van der Waals surface area contributed by atoms with Crippen LogP contribution in [-0.2, 0) is 31.0 Å². The van der Waals surface area contributed by atoms with E-state index in [-0.39, 0.29) is 11.5 Å². The van der Waals surface area contributed by atoms with E-state index in [0.29, 0.717) is 12.3 Å². The van der Waals surface area contributed by atoms with E-state index in [4.69, 9.17) is 4.84 Å². The summed E-state index contributed by atoms with van der Waals surface area (Å²) >= 11 is 0. The maximum Gasteiger partial charge on any atom is 0.416 e. The number of aromatic nitrogens is 3. The quantitative estimate of drug-likeness (QED) is 0.285. The van der Waals surface area contributed by atoms with E-state index in [0.717, 1.165) is 65.1 Å². The third-order valence-corrected chi connectivity index (χ3v) is 6.62. The molecule has 9 heteroatoms. The SMILES string of the molecule is Cc1nccn1CC1CCc2c(c3ccccc3n2C)C1=NOC(=O)c1ccc(C(F)(F)F)cc1. The van der Waals surface area contributed by atoms with Crippen LogP contribution in [0.2, 0.25) is 0 Å². The molecule has 0 saturated heterocycles. The molecule has 1 unspecified atom stereocenters. The van der Waals surface area contributed by atoms with Crippen LogP contribution >= 0.6 is 0 Å². The summed E-state index contributed by atoms with van der Waals surface area (Å²) in [4.78, 5) is 22.3. The first-order chi connectivity index (χ1) is 16.7. The van der Waals surface area contributed by atoms with Gasteiger partial charge in [0, 0.05) is 54.1 Å². The Morgan fingerprint density at radius 3 is 2.60 bits per heavy atom. The molecule has 2 heterocycles. The first-order valence-corrected chi connectivity index (χ1v) is 11.2. The van der Waals surface area contributed by atoms with E-state index in [1.165, 1.54) is 0 Å². The summed E-state index contributed by atoms with van der Waals surface area (Å²) in [7, 11) is 2.01. The lowest BCUT2D eigenvalue weighted by Crippen LogP contribution is -2.28. The van der Waals surface area contributed by atoms with Crippen LogP contribution in [0.4, 0.5) is 13.2 Å². The van der Waals surface area contributed by atoms with Crippen molar-refractivity contribution < 1.29 is 22.8 Å². The number of alkyl halides is 3. The highest BCUT2D eigenvalue weighted by molar-refractivity contribution is 6.14. The van der Waals surface area contributed by atoms with Gasteiger partial charge in [-0.25, -0.2) is 9.78 Å². The smallest absolute Gasteiger partial charge is 0.347 e. The second-order valence-corrected chi connectivity index (χ2v) is 8.69. The van der Waals surface area contributed by atoms with Gasteiger partial charge in [-0.1, -0.05) is 23.4 Å². The van der Waals surface area contributed by atoms with Crippen molar-refractivity contribution >= 4 is 22.6 Å². The largest absolute Gasteiger partial charge is 0.416 e. The highest BCUT2D eigenvalue weighted by Gasteiger charge is 2.32. The predicted molar refractivity (Wildman–Crippen MR) is 125 cm³/mol. The van der Waals surface area contributed by atoms with Crippen LogP contribution in [0.5, 0.6) is 0 Å². The summed E-state index contributed by atoms with van der Waals surface area (Å²) in [5.41, 5.74) is 2.92. The van der Waals surface area contributed by atoms with Crippen molar-refractivity contribution in [2.24, 2.45) is 18.1 Å². The fraction of sp³-hybridized carbons (Fsp3) is 0.269. The van der Waals surface area contributed by atoms with Gasteiger partial charge in [0.1, 0.15) is 5.82 Å². The molecule has 1 aliphatic carbocycles. The number of oxime groups is 1. The molecule has 0 N–H and O–H groups in total. The summed E-state index contributed by atoms with van der Waals surface area (Å²) in [5, 5.41) is 5.34. The minimum absolute atomic E-state index is 0.00157. The summed E-state index contributed by atoms with van der Waals surface area (Å²) in [6.45, 7) is 2.54. The fourth-order valence-electron chi connectivity index (χ4n) is 4.75. The molecule has 0 fully saturated rings. The third-order valence-electron chi connectivity index (χ3n) is 6.62. The standard InChI is InChI=1S/C26H23F3N4O2/c1-16-30-13-14-33(16)15-18-9-12-22-23(20-5-3-4-6-21(20)32(22)2)24(18)31-35-25(34)17-7-10-19(11-8-17)26(27,28)29/h3-8,10-11,13-14,18H,9,12,15H2,1-2H3. The molecule has 0 spiro atoms. The van der Waals surface area contributed by atoms with Crippen molar-refractivity contribution in [2.45, 2.75) is 32.5 Å². The van der Waals surface area contributed by atoms with Gasteiger partial charge in [-0.2, -0.15) is 13.2 Å². The van der Waals surface area contributed by atoms with Crippen molar-refractivity contribution in [3.63, 3.8) is 0 Å². The molecule has 0 bridgehead atoms. The van der Waals surface area contributed by atoms with Crippen LogP contribution in [-0.4, -0.2) is 25.8 Å². The second kappa shape index (κ2) is 8.72. The van der Waals surface area contributed by atoms with Gasteiger partial charge in [-0.15, -0.1) is 0 Å². The zero-order valence-electron chi connectivity index (χ0n) is 19.2. The Labute approximate surface area is 199 Å². The van der Waals surface area contributed by atoms with Crippen molar-refractivity contribution in [3.8, 4) is 0 Å². The van der Waals surface area contributed by atoms with Crippen LogP contribution in [0.15, 0.2) is 66.1 Å². The average Bonchev–Trinajstić information content (AvgIpc) is 3.38. The first-order valence-electron chi connectivity index (χ1n) is 11.2. The second-order valence-electron chi connectivity index (χ2n) is 8.69. The molecule has 0 amide bonds. The zero-order valence-corrected chi connectivity index (χ0v) is 19.2. The molecular weight excluding hydrogens is 457 g/mol. The van der Waals surface area contributed by atoms with Gasteiger partial charge in [0.05, 0.1) is 16.8 Å². The number of hydrogen-bond donors (Lipinski definition) is 0. The molecule has 35 heavy (non-hydrogen) atoms.